The summed E-state index contributed by atoms with van der Waals surface area (Å²) >= 11 is 4.50. The number of nitrogens with one attached hydrogen (secondary N) is 1. The van der Waals surface area contributed by atoms with Crippen LogP contribution in [0.1, 0.15) is 15.2 Å². The number of nitro benzene ring substituents is 1. The largest absolute Gasteiger partial charge is 0.320 e. The van der Waals surface area contributed by atoms with Crippen LogP contribution in [0.3, 0.4) is 0 Å². The number of rotatable bonds is 3. The van der Waals surface area contributed by atoms with E-state index >= 15 is 0 Å². The molecule has 1 aromatic carbocycles. The molecule has 1 aromatic heterocycles. The van der Waals surface area contributed by atoms with Crippen molar-refractivity contribution in [3.8, 4) is 6.07 Å². The molecule has 1 heterocycles. The number of halogens is 1. The Hall–Kier alpha value is -2.24. The summed E-state index contributed by atoms with van der Waals surface area (Å²) in [5.74, 6) is -0.369. The van der Waals surface area contributed by atoms with E-state index in [9.17, 15) is 14.9 Å². The molecule has 0 atom stereocenters. The van der Waals surface area contributed by atoms with Crippen LogP contribution in [0.5, 0.6) is 0 Å². The number of amides is 1. The minimum atomic E-state index is -0.594. The molecule has 0 aliphatic rings. The number of carbonyl (C=O) groups is 1. The predicted octanol–water partition coefficient (Wildman–Crippen LogP) is 3.54. The van der Waals surface area contributed by atoms with Gasteiger partial charge in [-0.25, -0.2) is 0 Å². The Kier molecular flexibility index (Phi) is 4.12. The van der Waals surface area contributed by atoms with E-state index in [2.05, 4.69) is 21.2 Å². The Morgan fingerprint density at radius 3 is 2.70 bits per heavy atom. The number of benzene rings is 1. The minimum Gasteiger partial charge on any atom is -0.320 e. The average Bonchev–Trinajstić information content (AvgIpc) is 2.85. The fraction of sp³-hybridized carbons (Fsp3) is 0. The summed E-state index contributed by atoms with van der Waals surface area (Å²) in [4.78, 5) is 22.5. The molecule has 1 amide bonds. The lowest BCUT2D eigenvalue weighted by Crippen LogP contribution is -2.11. The van der Waals surface area contributed by atoms with Crippen LogP contribution in [0.15, 0.2) is 34.1 Å². The van der Waals surface area contributed by atoms with Gasteiger partial charge in [-0.2, -0.15) is 5.26 Å². The molecule has 0 aliphatic carbocycles. The zero-order valence-corrected chi connectivity index (χ0v) is 12.2. The van der Waals surface area contributed by atoms with Gasteiger partial charge in [-0.15, -0.1) is 11.3 Å². The van der Waals surface area contributed by atoms with Gasteiger partial charge >= 0.3 is 0 Å². The third-order valence-electron chi connectivity index (χ3n) is 2.38. The van der Waals surface area contributed by atoms with E-state index in [1.165, 1.54) is 23.5 Å². The van der Waals surface area contributed by atoms with Gasteiger partial charge in [0.05, 0.1) is 24.8 Å². The molecule has 0 aliphatic heterocycles. The molecule has 100 valence electrons. The fourth-order valence-electron chi connectivity index (χ4n) is 1.47. The molecule has 0 spiro atoms. The first-order valence-electron chi connectivity index (χ1n) is 5.26. The van der Waals surface area contributed by atoms with E-state index in [-0.39, 0.29) is 22.8 Å². The van der Waals surface area contributed by atoms with Gasteiger partial charge in [0.25, 0.3) is 11.6 Å². The van der Waals surface area contributed by atoms with Crippen LogP contribution >= 0.6 is 27.3 Å². The maximum Gasteiger partial charge on any atom is 0.270 e. The Morgan fingerprint density at radius 2 is 2.15 bits per heavy atom. The lowest BCUT2D eigenvalue weighted by molar-refractivity contribution is -0.384. The average molecular weight is 352 g/mol. The van der Waals surface area contributed by atoms with Crippen LogP contribution in [0.4, 0.5) is 11.4 Å². The highest BCUT2D eigenvalue weighted by Gasteiger charge is 2.14. The van der Waals surface area contributed by atoms with Crippen molar-refractivity contribution in [2.45, 2.75) is 0 Å². The Balaban J connectivity index is 2.28. The molecule has 20 heavy (non-hydrogen) atoms. The first kappa shape index (κ1) is 14.2. The van der Waals surface area contributed by atoms with Gasteiger partial charge in [0.15, 0.2) is 0 Å². The van der Waals surface area contributed by atoms with Crippen molar-refractivity contribution in [3.63, 3.8) is 0 Å². The quantitative estimate of drug-likeness (QED) is 0.675. The van der Waals surface area contributed by atoms with Crippen molar-refractivity contribution < 1.29 is 9.72 Å². The summed E-state index contributed by atoms with van der Waals surface area (Å²) < 4.78 is 0.812. The third kappa shape index (κ3) is 3.01. The van der Waals surface area contributed by atoms with Crippen molar-refractivity contribution in [1.82, 2.24) is 0 Å². The van der Waals surface area contributed by atoms with Gasteiger partial charge in [-0.05, 0) is 34.1 Å². The number of nitriles is 1. The van der Waals surface area contributed by atoms with Crippen LogP contribution < -0.4 is 5.32 Å². The molecule has 0 saturated carbocycles. The standard InChI is InChI=1S/C12H6BrN3O3S/c13-11-4-3-10(20-11)12(17)15-9-2-1-8(16(18)19)5-7(9)6-14/h1-5H,(H,15,17). The second kappa shape index (κ2) is 5.81. The van der Waals surface area contributed by atoms with E-state index in [1.54, 1.807) is 12.1 Å². The molecule has 2 aromatic rings. The normalized spacial score (nSPS) is 9.80. The first-order valence-corrected chi connectivity index (χ1v) is 6.87. The fourth-order valence-corrected chi connectivity index (χ4v) is 2.75. The minimum absolute atomic E-state index is 0.0446. The predicted molar refractivity (Wildman–Crippen MR) is 77.8 cm³/mol. The summed E-state index contributed by atoms with van der Waals surface area (Å²) in [5, 5.41) is 22.2. The van der Waals surface area contributed by atoms with Crippen LogP contribution in [-0.2, 0) is 0 Å². The Labute approximate surface area is 125 Å². The number of nitro groups is 1. The summed E-state index contributed by atoms with van der Waals surface area (Å²) in [6.07, 6.45) is 0. The van der Waals surface area contributed by atoms with Crippen LogP contribution in [0.2, 0.25) is 0 Å². The highest BCUT2D eigenvalue weighted by Crippen LogP contribution is 2.25. The molecule has 0 radical (unpaired) electrons. The van der Waals surface area contributed by atoms with Gasteiger partial charge in [0.1, 0.15) is 6.07 Å². The van der Waals surface area contributed by atoms with E-state index in [4.69, 9.17) is 5.26 Å². The van der Waals surface area contributed by atoms with E-state index in [1.807, 2.05) is 6.07 Å². The maximum absolute atomic E-state index is 11.9. The highest BCUT2D eigenvalue weighted by atomic mass is 79.9. The topological polar surface area (TPSA) is 96.0 Å². The molecule has 2 rings (SSSR count). The molecule has 6 nitrogen and oxygen atoms in total. The number of hydrogen-bond donors (Lipinski definition) is 1. The van der Waals surface area contributed by atoms with E-state index < -0.39 is 4.92 Å². The monoisotopic (exact) mass is 351 g/mol. The molecule has 0 fully saturated rings. The van der Waals surface area contributed by atoms with Gasteiger partial charge in [-0.1, -0.05) is 0 Å². The maximum atomic E-state index is 11.9. The summed E-state index contributed by atoms with van der Waals surface area (Å²) in [7, 11) is 0. The van der Waals surface area contributed by atoms with Crippen LogP contribution in [-0.4, -0.2) is 10.8 Å². The summed E-state index contributed by atoms with van der Waals surface area (Å²) in [6.45, 7) is 0. The molecule has 8 heteroatoms. The summed E-state index contributed by atoms with van der Waals surface area (Å²) in [5.41, 5.74) is 0.0919. The zero-order valence-electron chi connectivity index (χ0n) is 9.79. The Bertz CT molecular complexity index is 736. The summed E-state index contributed by atoms with van der Waals surface area (Å²) in [6, 6.07) is 8.91. The second-order valence-electron chi connectivity index (χ2n) is 3.66. The van der Waals surface area contributed by atoms with Crippen molar-refractivity contribution in [2.24, 2.45) is 0 Å². The van der Waals surface area contributed by atoms with Gasteiger partial charge < -0.3 is 5.32 Å². The number of nitrogens with zero attached hydrogens (tertiary/aromatic N) is 2. The molecule has 0 unspecified atom stereocenters. The third-order valence-corrected chi connectivity index (χ3v) is 4.00. The first-order chi connectivity index (χ1) is 9.51. The lowest BCUT2D eigenvalue weighted by Gasteiger charge is -2.05. The van der Waals surface area contributed by atoms with Crippen molar-refractivity contribution in [2.75, 3.05) is 5.32 Å². The SMILES string of the molecule is N#Cc1cc([N+](=O)[O-])ccc1NC(=O)c1ccc(Br)s1. The lowest BCUT2D eigenvalue weighted by atomic mass is 10.1. The van der Waals surface area contributed by atoms with Gasteiger partial charge in [-0.3, -0.25) is 14.9 Å². The van der Waals surface area contributed by atoms with Crippen molar-refractivity contribution in [1.29, 1.82) is 5.26 Å². The number of carbonyl (C=O) groups excluding carboxylic acids is 1. The van der Waals surface area contributed by atoms with Crippen LogP contribution in [0.25, 0.3) is 0 Å². The van der Waals surface area contributed by atoms with E-state index in [0.717, 1.165) is 9.85 Å². The van der Waals surface area contributed by atoms with E-state index in [0.29, 0.717) is 4.88 Å². The molecule has 0 bridgehead atoms. The van der Waals surface area contributed by atoms with Crippen LogP contribution in [0, 0.1) is 21.4 Å². The Morgan fingerprint density at radius 1 is 1.40 bits per heavy atom. The number of anilines is 1. The van der Waals surface area contributed by atoms with Crippen molar-refractivity contribution >= 4 is 44.5 Å². The van der Waals surface area contributed by atoms with Gasteiger partial charge in [0, 0.05) is 12.1 Å². The molecule has 1 N–H and O–H groups in total. The molecule has 0 saturated heterocycles. The molecular formula is C12H6BrN3O3S. The second-order valence-corrected chi connectivity index (χ2v) is 6.12. The number of non-ortho nitro benzene ring substituents is 1. The number of hydrogen-bond acceptors (Lipinski definition) is 5. The number of thiophene rings is 1. The zero-order chi connectivity index (χ0) is 14.7. The highest BCUT2D eigenvalue weighted by molar-refractivity contribution is 9.11. The van der Waals surface area contributed by atoms with Gasteiger partial charge in [0.2, 0.25) is 0 Å². The van der Waals surface area contributed by atoms with Crippen molar-refractivity contribution in [3.05, 3.63) is 54.7 Å². The smallest absolute Gasteiger partial charge is 0.270 e. The molecular weight excluding hydrogens is 346 g/mol.